The molecule has 1 aliphatic rings. The standard InChI is InChI=1S/C17H17ClN2O3/c1-22-14-8-7-13(18)11-6-4-10-20(15(11)14)17(21)12-5-3-9-19-16(12)23-2/h3,5,7-9H,4,6,10H2,1-2H3. The summed E-state index contributed by atoms with van der Waals surface area (Å²) >= 11 is 6.32. The van der Waals surface area contributed by atoms with E-state index in [0.717, 1.165) is 24.1 Å². The number of rotatable bonds is 3. The number of ether oxygens (including phenoxy) is 2. The summed E-state index contributed by atoms with van der Waals surface area (Å²) in [5.41, 5.74) is 2.10. The van der Waals surface area contributed by atoms with Gasteiger partial charge in [-0.1, -0.05) is 11.6 Å². The average molecular weight is 333 g/mol. The van der Waals surface area contributed by atoms with Crippen molar-refractivity contribution in [2.75, 3.05) is 25.7 Å². The van der Waals surface area contributed by atoms with Gasteiger partial charge in [0.2, 0.25) is 5.88 Å². The Bertz CT molecular complexity index is 749. The van der Waals surface area contributed by atoms with E-state index < -0.39 is 0 Å². The van der Waals surface area contributed by atoms with Crippen LogP contribution in [0.4, 0.5) is 5.69 Å². The van der Waals surface area contributed by atoms with Crippen LogP contribution in [0, 0.1) is 0 Å². The molecule has 0 atom stereocenters. The molecule has 0 saturated carbocycles. The highest BCUT2D eigenvalue weighted by atomic mass is 35.5. The van der Waals surface area contributed by atoms with Crippen LogP contribution in [0.1, 0.15) is 22.3 Å². The lowest BCUT2D eigenvalue weighted by molar-refractivity contribution is 0.0980. The molecule has 2 aromatic rings. The molecule has 0 fully saturated rings. The predicted molar refractivity (Wildman–Crippen MR) is 88.8 cm³/mol. The number of methoxy groups -OCH3 is 2. The number of carbonyl (C=O) groups excluding carboxylic acids is 1. The Labute approximate surface area is 139 Å². The Morgan fingerprint density at radius 3 is 2.83 bits per heavy atom. The van der Waals surface area contributed by atoms with Crippen LogP contribution in [-0.4, -0.2) is 31.7 Å². The molecule has 0 bridgehead atoms. The fourth-order valence-electron chi connectivity index (χ4n) is 2.88. The third kappa shape index (κ3) is 2.72. The molecule has 2 heterocycles. The molecule has 1 aromatic heterocycles. The van der Waals surface area contributed by atoms with Crippen molar-refractivity contribution in [2.45, 2.75) is 12.8 Å². The van der Waals surface area contributed by atoms with Crippen molar-refractivity contribution in [3.05, 3.63) is 46.6 Å². The largest absolute Gasteiger partial charge is 0.495 e. The van der Waals surface area contributed by atoms with Gasteiger partial charge in [-0.25, -0.2) is 4.98 Å². The summed E-state index contributed by atoms with van der Waals surface area (Å²) in [6.07, 6.45) is 3.25. The summed E-state index contributed by atoms with van der Waals surface area (Å²) in [6, 6.07) is 7.01. The van der Waals surface area contributed by atoms with Gasteiger partial charge in [0.25, 0.3) is 5.91 Å². The highest BCUT2D eigenvalue weighted by Gasteiger charge is 2.30. The zero-order valence-corrected chi connectivity index (χ0v) is 13.8. The Morgan fingerprint density at radius 1 is 1.26 bits per heavy atom. The first-order chi connectivity index (χ1) is 11.2. The van der Waals surface area contributed by atoms with Gasteiger partial charge in [-0.2, -0.15) is 0 Å². The van der Waals surface area contributed by atoms with Crippen LogP contribution in [-0.2, 0) is 6.42 Å². The van der Waals surface area contributed by atoms with Crippen LogP contribution in [0.25, 0.3) is 0 Å². The fraction of sp³-hybridized carbons (Fsp3) is 0.294. The minimum absolute atomic E-state index is 0.170. The number of hydrogen-bond donors (Lipinski definition) is 0. The highest BCUT2D eigenvalue weighted by molar-refractivity contribution is 6.32. The lowest BCUT2D eigenvalue weighted by atomic mass is 10.00. The molecule has 0 spiro atoms. The summed E-state index contributed by atoms with van der Waals surface area (Å²) in [7, 11) is 3.09. The van der Waals surface area contributed by atoms with Crippen LogP contribution in [0.5, 0.6) is 11.6 Å². The molecule has 5 nitrogen and oxygen atoms in total. The molecule has 0 aliphatic carbocycles. The summed E-state index contributed by atoms with van der Waals surface area (Å²) in [4.78, 5) is 18.8. The smallest absolute Gasteiger partial charge is 0.263 e. The minimum Gasteiger partial charge on any atom is -0.495 e. The number of hydrogen-bond acceptors (Lipinski definition) is 4. The van der Waals surface area contributed by atoms with Gasteiger partial charge >= 0.3 is 0 Å². The van der Waals surface area contributed by atoms with E-state index in [1.165, 1.54) is 7.11 Å². The number of pyridine rings is 1. The molecule has 3 rings (SSSR count). The number of fused-ring (bicyclic) bond motifs is 1. The Kier molecular flexibility index (Phi) is 4.39. The van der Waals surface area contributed by atoms with Crippen molar-refractivity contribution >= 4 is 23.2 Å². The second kappa shape index (κ2) is 6.46. The third-order valence-corrected chi connectivity index (χ3v) is 4.28. The van der Waals surface area contributed by atoms with Gasteiger partial charge in [0.1, 0.15) is 11.3 Å². The van der Waals surface area contributed by atoms with Crippen molar-refractivity contribution in [1.82, 2.24) is 4.98 Å². The van der Waals surface area contributed by atoms with Crippen LogP contribution < -0.4 is 14.4 Å². The van der Waals surface area contributed by atoms with Gasteiger partial charge in [-0.3, -0.25) is 4.79 Å². The van der Waals surface area contributed by atoms with Gasteiger partial charge in [0, 0.05) is 17.8 Å². The maximum Gasteiger partial charge on any atom is 0.263 e. The van der Waals surface area contributed by atoms with Crippen molar-refractivity contribution in [2.24, 2.45) is 0 Å². The topological polar surface area (TPSA) is 51.7 Å². The molecule has 1 amide bonds. The lowest BCUT2D eigenvalue weighted by Gasteiger charge is -2.31. The SMILES string of the molecule is COc1ccc(Cl)c2c1N(C(=O)c1cccnc1OC)CCC2. The van der Waals surface area contributed by atoms with Crippen molar-refractivity contribution in [3.8, 4) is 11.6 Å². The van der Waals surface area contributed by atoms with Crippen molar-refractivity contribution < 1.29 is 14.3 Å². The maximum absolute atomic E-state index is 13.0. The average Bonchev–Trinajstić information content (AvgIpc) is 2.61. The van der Waals surface area contributed by atoms with Gasteiger partial charge in [-0.15, -0.1) is 0 Å². The monoisotopic (exact) mass is 332 g/mol. The summed E-state index contributed by atoms with van der Waals surface area (Å²) in [5.74, 6) is 0.780. The minimum atomic E-state index is -0.170. The molecule has 120 valence electrons. The van der Waals surface area contributed by atoms with Crippen LogP contribution in [0.2, 0.25) is 5.02 Å². The number of anilines is 1. The molecule has 0 radical (unpaired) electrons. The Balaban J connectivity index is 2.10. The zero-order chi connectivity index (χ0) is 16.4. The van der Waals surface area contributed by atoms with E-state index in [4.69, 9.17) is 21.1 Å². The summed E-state index contributed by atoms with van der Waals surface area (Å²) < 4.78 is 10.7. The quantitative estimate of drug-likeness (QED) is 0.865. The molecule has 23 heavy (non-hydrogen) atoms. The molecule has 0 N–H and O–H groups in total. The van der Waals surface area contributed by atoms with Gasteiger partial charge in [-0.05, 0) is 42.7 Å². The van der Waals surface area contributed by atoms with Gasteiger partial charge in [0.15, 0.2) is 0 Å². The summed E-state index contributed by atoms with van der Waals surface area (Å²) in [6.45, 7) is 0.598. The maximum atomic E-state index is 13.0. The first-order valence-electron chi connectivity index (χ1n) is 7.33. The number of carbonyl (C=O) groups is 1. The Morgan fingerprint density at radius 2 is 2.09 bits per heavy atom. The molecular weight excluding hydrogens is 316 g/mol. The number of nitrogens with zero attached hydrogens (tertiary/aromatic N) is 2. The number of halogens is 1. The third-order valence-electron chi connectivity index (χ3n) is 3.93. The van der Waals surface area contributed by atoms with E-state index in [-0.39, 0.29) is 5.91 Å². The highest BCUT2D eigenvalue weighted by Crippen LogP contribution is 2.41. The van der Waals surface area contributed by atoms with E-state index in [9.17, 15) is 4.79 Å². The van der Waals surface area contributed by atoms with E-state index in [1.807, 2.05) is 0 Å². The van der Waals surface area contributed by atoms with Gasteiger partial charge in [0.05, 0.1) is 19.9 Å². The normalized spacial score (nSPS) is 13.4. The van der Waals surface area contributed by atoms with Gasteiger partial charge < -0.3 is 14.4 Å². The van der Waals surface area contributed by atoms with Crippen LogP contribution in [0.15, 0.2) is 30.5 Å². The number of benzene rings is 1. The van der Waals surface area contributed by atoms with Crippen molar-refractivity contribution in [3.63, 3.8) is 0 Å². The van der Waals surface area contributed by atoms with Crippen molar-refractivity contribution in [1.29, 1.82) is 0 Å². The van der Waals surface area contributed by atoms with Crippen LogP contribution in [0.3, 0.4) is 0 Å². The molecule has 0 unspecified atom stereocenters. The first-order valence-corrected chi connectivity index (χ1v) is 7.71. The molecule has 1 aromatic carbocycles. The second-order valence-electron chi connectivity index (χ2n) is 5.20. The number of aromatic nitrogens is 1. The first kappa shape index (κ1) is 15.6. The van der Waals surface area contributed by atoms with E-state index in [1.54, 1.807) is 42.5 Å². The zero-order valence-electron chi connectivity index (χ0n) is 13.0. The fourth-order valence-corrected chi connectivity index (χ4v) is 3.13. The molecule has 0 saturated heterocycles. The van der Waals surface area contributed by atoms with Crippen LogP contribution >= 0.6 is 11.6 Å². The molecule has 1 aliphatic heterocycles. The van der Waals surface area contributed by atoms with E-state index in [0.29, 0.717) is 28.8 Å². The molecular formula is C17H17ClN2O3. The van der Waals surface area contributed by atoms with E-state index >= 15 is 0 Å². The summed E-state index contributed by atoms with van der Waals surface area (Å²) in [5, 5.41) is 0.649. The Hall–Kier alpha value is -2.27. The lowest BCUT2D eigenvalue weighted by Crippen LogP contribution is -2.36. The number of amides is 1. The molecule has 6 heteroatoms. The second-order valence-corrected chi connectivity index (χ2v) is 5.60. The predicted octanol–water partition coefficient (Wildman–Crippen LogP) is 3.35. The van der Waals surface area contributed by atoms with E-state index in [2.05, 4.69) is 4.98 Å².